The van der Waals surface area contributed by atoms with Crippen molar-refractivity contribution < 1.29 is 44.0 Å². The van der Waals surface area contributed by atoms with Crippen molar-refractivity contribution >= 4 is 34.7 Å². The summed E-state index contributed by atoms with van der Waals surface area (Å²) in [6.45, 7) is 10.0. The maximum absolute atomic E-state index is 14.2. The molecule has 66 heavy (non-hydrogen) atoms. The first-order valence-electron chi connectivity index (χ1n) is 22.2. The predicted octanol–water partition coefficient (Wildman–Crippen LogP) is 5.98. The number of hydrogen-bond acceptors (Lipinski definition) is 13. The largest absolute Gasteiger partial charge is 0.508 e. The van der Waals surface area contributed by atoms with Crippen molar-refractivity contribution in [3.63, 3.8) is 0 Å². The number of cyclic esters (lactones) is 1. The Bertz CT molecular complexity index is 3060. The molecule has 0 radical (unpaired) electrons. The van der Waals surface area contributed by atoms with Gasteiger partial charge in [0.2, 0.25) is 11.4 Å². The highest BCUT2D eigenvalue weighted by molar-refractivity contribution is 5.96. The zero-order valence-electron chi connectivity index (χ0n) is 37.2. The van der Waals surface area contributed by atoms with Gasteiger partial charge in [-0.3, -0.25) is 23.7 Å². The number of carbonyl (C=O) groups is 4. The number of nitrogens with one attached hydrogen (secondary N) is 1. The summed E-state index contributed by atoms with van der Waals surface area (Å²) >= 11 is 0. The summed E-state index contributed by atoms with van der Waals surface area (Å²) in [6, 6.07) is 16.0. The molecule has 6 aromatic rings. The number of nitrogens with zero attached hydrogens (tertiary/aromatic N) is 6. The van der Waals surface area contributed by atoms with Crippen LogP contribution in [0.4, 0.5) is 0 Å². The van der Waals surface area contributed by atoms with E-state index in [1.807, 2.05) is 20.8 Å². The van der Waals surface area contributed by atoms with Gasteiger partial charge in [0.1, 0.15) is 23.9 Å². The predicted molar refractivity (Wildman–Crippen MR) is 240 cm³/mol. The molecule has 1 unspecified atom stereocenters. The van der Waals surface area contributed by atoms with Gasteiger partial charge in [-0.25, -0.2) is 9.78 Å². The normalized spacial score (nSPS) is 16.8. The summed E-state index contributed by atoms with van der Waals surface area (Å²) in [6.07, 6.45) is 1.15. The topological polar surface area (TPSA) is 228 Å². The molecule has 1 atom stereocenters. The van der Waals surface area contributed by atoms with E-state index in [1.165, 1.54) is 10.6 Å². The van der Waals surface area contributed by atoms with Gasteiger partial charge in [0.05, 0.1) is 40.5 Å². The van der Waals surface area contributed by atoms with Gasteiger partial charge in [-0.05, 0) is 104 Å². The van der Waals surface area contributed by atoms with Crippen LogP contribution >= 0.6 is 0 Å². The maximum Gasteiger partial charge on any atom is 0.355 e. The second-order valence-corrected chi connectivity index (χ2v) is 17.2. The Morgan fingerprint density at radius 2 is 1.67 bits per heavy atom. The number of phenols is 3. The molecule has 9 rings (SSSR count). The molecule has 1 fully saturated rings. The number of amides is 2. The molecule has 3 aliphatic rings. The number of pyridine rings is 2. The number of aryl methyl sites for hydroxylation is 1. The van der Waals surface area contributed by atoms with Crippen LogP contribution in [0.15, 0.2) is 65.5 Å². The highest BCUT2D eigenvalue weighted by Crippen LogP contribution is 2.44. The first kappa shape index (κ1) is 43.7. The van der Waals surface area contributed by atoms with E-state index < -0.39 is 29.4 Å². The lowest BCUT2D eigenvalue weighted by Gasteiger charge is -2.38. The lowest BCUT2D eigenvalue weighted by atomic mass is 9.85. The Kier molecular flexibility index (Phi) is 11.1. The third-order valence-corrected chi connectivity index (χ3v) is 13.1. The summed E-state index contributed by atoms with van der Waals surface area (Å²) in [5.41, 5.74) is 3.41. The fourth-order valence-electron chi connectivity index (χ4n) is 9.55. The van der Waals surface area contributed by atoms with Gasteiger partial charge in [-0.15, -0.1) is 10.2 Å². The van der Waals surface area contributed by atoms with E-state index in [9.17, 15) is 39.3 Å². The van der Waals surface area contributed by atoms with E-state index in [0.29, 0.717) is 46.7 Å². The molecule has 17 heteroatoms. The lowest BCUT2D eigenvalue weighted by molar-refractivity contribution is -0.192. The second-order valence-electron chi connectivity index (χ2n) is 17.2. The average molecular weight is 896 g/mol. The van der Waals surface area contributed by atoms with Gasteiger partial charge < -0.3 is 39.6 Å². The van der Waals surface area contributed by atoms with Crippen LogP contribution < -0.4 is 10.9 Å². The molecule has 6 heterocycles. The minimum atomic E-state index is -1.88. The summed E-state index contributed by atoms with van der Waals surface area (Å²) in [4.78, 5) is 75.6. The highest BCUT2D eigenvalue weighted by atomic mass is 16.6. The zero-order valence-corrected chi connectivity index (χ0v) is 37.2. The number of piperidine rings is 1. The number of benzene rings is 3. The number of ether oxygens (including phenoxy) is 2. The highest BCUT2D eigenvalue weighted by Gasteiger charge is 2.51. The Balaban J connectivity index is 0.939. The first-order valence-corrected chi connectivity index (χ1v) is 22.2. The smallest absolute Gasteiger partial charge is 0.355 e. The first-order chi connectivity index (χ1) is 31.7. The number of phenolic OH excluding ortho intramolecular Hbond substituents is 3. The SMILES string of the molecule is CCNC(=O)c1nnc(-c2cc(C(C)C)c(O)cc2O)n1-c1ccc(C(=O)N2CCC(C(=O)OC3(CC)C(=O)OCc4c3cc3n(c4=O)Cc4c-3nc3ccc(O)cc3c4CC)CC2)cc1. The summed E-state index contributed by atoms with van der Waals surface area (Å²) in [5, 5.41) is 43.6. The molecule has 0 saturated carbocycles. The van der Waals surface area contributed by atoms with Crippen molar-refractivity contribution in [2.24, 2.45) is 5.92 Å². The number of aromatic hydroxyl groups is 3. The van der Waals surface area contributed by atoms with Crippen LogP contribution in [0.1, 0.15) is 109 Å². The van der Waals surface area contributed by atoms with Crippen LogP contribution in [-0.4, -0.2) is 87.9 Å². The van der Waals surface area contributed by atoms with Gasteiger partial charge in [0, 0.05) is 53.5 Å². The monoisotopic (exact) mass is 895 g/mol. The van der Waals surface area contributed by atoms with E-state index in [1.54, 1.807) is 77.9 Å². The van der Waals surface area contributed by atoms with Crippen LogP contribution in [0.2, 0.25) is 0 Å². The Morgan fingerprint density at radius 1 is 0.924 bits per heavy atom. The van der Waals surface area contributed by atoms with E-state index in [0.717, 1.165) is 16.5 Å². The fourth-order valence-corrected chi connectivity index (χ4v) is 9.55. The van der Waals surface area contributed by atoms with E-state index >= 15 is 0 Å². The van der Waals surface area contributed by atoms with Crippen molar-refractivity contribution in [2.45, 2.75) is 85.0 Å². The van der Waals surface area contributed by atoms with Crippen LogP contribution in [0.3, 0.4) is 0 Å². The Labute approximate surface area is 378 Å². The third kappa shape index (κ3) is 7.09. The van der Waals surface area contributed by atoms with E-state index in [4.69, 9.17) is 14.5 Å². The molecular formula is C49H49N7O10. The fraction of sp³-hybridized carbons (Fsp3) is 0.347. The lowest BCUT2D eigenvalue weighted by Crippen LogP contribution is -2.49. The quantitative estimate of drug-likeness (QED) is 0.116. The van der Waals surface area contributed by atoms with Crippen LogP contribution in [0.5, 0.6) is 17.2 Å². The van der Waals surface area contributed by atoms with Crippen molar-refractivity contribution in [1.82, 2.24) is 34.5 Å². The number of carbonyl (C=O) groups excluding carboxylic acids is 4. The third-order valence-electron chi connectivity index (χ3n) is 13.1. The Hall–Kier alpha value is -7.56. The molecule has 4 N–H and O–H groups in total. The number of esters is 2. The number of rotatable bonds is 10. The van der Waals surface area contributed by atoms with Crippen molar-refractivity contribution in [1.29, 1.82) is 0 Å². The molecule has 3 aromatic carbocycles. The maximum atomic E-state index is 14.2. The van der Waals surface area contributed by atoms with Crippen LogP contribution in [-0.2, 0) is 44.2 Å². The van der Waals surface area contributed by atoms with Gasteiger partial charge in [0.25, 0.3) is 17.4 Å². The molecular weight excluding hydrogens is 847 g/mol. The number of hydrogen-bond donors (Lipinski definition) is 4. The summed E-state index contributed by atoms with van der Waals surface area (Å²) in [7, 11) is 0. The molecule has 0 bridgehead atoms. The van der Waals surface area contributed by atoms with Crippen LogP contribution in [0, 0.1) is 5.92 Å². The van der Waals surface area contributed by atoms with Gasteiger partial charge >= 0.3 is 11.9 Å². The molecule has 3 aliphatic heterocycles. The summed E-state index contributed by atoms with van der Waals surface area (Å²) in [5.74, 6) is -3.06. The van der Waals surface area contributed by atoms with Gasteiger partial charge in [0.15, 0.2) is 5.82 Å². The van der Waals surface area contributed by atoms with E-state index in [-0.39, 0.29) is 108 Å². The molecule has 1 saturated heterocycles. The molecule has 0 spiro atoms. The molecule has 2 amide bonds. The van der Waals surface area contributed by atoms with Crippen LogP contribution in [0.25, 0.3) is 39.4 Å². The summed E-state index contributed by atoms with van der Waals surface area (Å²) < 4.78 is 14.9. The number of aromatic nitrogens is 5. The molecule has 0 aliphatic carbocycles. The van der Waals surface area contributed by atoms with Crippen molar-refractivity contribution in [3.8, 4) is 45.7 Å². The van der Waals surface area contributed by atoms with E-state index in [2.05, 4.69) is 15.5 Å². The average Bonchev–Trinajstić information content (AvgIpc) is 3.91. The molecule has 340 valence electrons. The minimum Gasteiger partial charge on any atom is -0.508 e. The van der Waals surface area contributed by atoms with Gasteiger partial charge in [-0.2, -0.15) is 0 Å². The number of likely N-dealkylation sites (tertiary alicyclic amines) is 1. The van der Waals surface area contributed by atoms with Crippen molar-refractivity contribution in [2.75, 3.05) is 19.6 Å². The minimum absolute atomic E-state index is 0.00870. The second kappa shape index (κ2) is 16.8. The van der Waals surface area contributed by atoms with Gasteiger partial charge in [-0.1, -0.05) is 27.7 Å². The zero-order chi connectivity index (χ0) is 46.8. The Morgan fingerprint density at radius 3 is 2.35 bits per heavy atom. The standard InChI is InChI=1S/C49H49N7O10/c1-6-30-32-19-29(57)13-14-37(32)51-41-34(30)23-55-38(41)21-36-35(46(55)62)24-65-48(64)49(36,7-2)66-47(63)27-15-17-54(18-16-27)45(61)26-9-11-28(12-10-26)56-42(52-53-43(56)44(60)50-8-3)33-20-31(25(4)5)39(58)22-40(33)59/h9-14,19-22,25,27,57-59H,6-8,15-18,23-24H2,1-5H3,(H,50,60). The van der Waals surface area contributed by atoms with Crippen molar-refractivity contribution in [3.05, 3.63) is 110 Å². The molecule has 17 nitrogen and oxygen atoms in total. The number of fused-ring (bicyclic) bond motifs is 5. The molecule has 3 aromatic heterocycles.